The number of carbonyl (C=O) groups excluding carboxylic acids is 2. The molecule has 0 saturated heterocycles. The Balaban J connectivity index is 1.34. The van der Waals surface area contributed by atoms with Crippen LogP contribution in [0.4, 0.5) is 5.69 Å². The van der Waals surface area contributed by atoms with Gasteiger partial charge in [0.1, 0.15) is 5.82 Å². The van der Waals surface area contributed by atoms with Gasteiger partial charge in [0.05, 0.1) is 17.0 Å². The van der Waals surface area contributed by atoms with Gasteiger partial charge in [0.25, 0.3) is 5.91 Å². The van der Waals surface area contributed by atoms with Gasteiger partial charge in [0.15, 0.2) is 5.16 Å². The zero-order chi connectivity index (χ0) is 21.6. The summed E-state index contributed by atoms with van der Waals surface area (Å²) in [4.78, 5) is 26.5. The van der Waals surface area contributed by atoms with E-state index in [1.165, 1.54) is 16.6 Å². The smallest absolute Gasteiger partial charge is 0.253 e. The molecule has 0 aliphatic heterocycles. The highest BCUT2D eigenvalue weighted by Crippen LogP contribution is 2.22. The van der Waals surface area contributed by atoms with E-state index in [-0.39, 0.29) is 23.6 Å². The van der Waals surface area contributed by atoms with E-state index in [0.717, 1.165) is 37.9 Å². The topological polar surface area (TPSA) is 88.9 Å². The molecule has 0 unspecified atom stereocenters. The molecule has 4 rings (SSSR count). The second-order valence-corrected chi connectivity index (χ2v) is 9.53. The molecule has 1 aliphatic rings. The number of anilines is 1. The van der Waals surface area contributed by atoms with Gasteiger partial charge in [-0.05, 0) is 36.4 Å². The minimum Gasteiger partial charge on any atom is -0.349 e. The molecule has 2 amide bonds. The highest BCUT2D eigenvalue weighted by molar-refractivity contribution is 7.99. The maximum absolute atomic E-state index is 12.7. The highest BCUT2D eigenvalue weighted by atomic mass is 32.2. The first kappa shape index (κ1) is 21.6. The standard InChI is InChI=1S/C22H25N5O2S2/c1-27-19(13-16-9-6-12-30-16)25-26-22(27)31-14-20(28)24-18-11-5-4-10-17(18)21(29)23-15-7-2-3-8-15/h4-6,9-12,15H,2-3,7-8,13-14H2,1H3,(H,23,29)(H,24,28). The summed E-state index contributed by atoms with van der Waals surface area (Å²) >= 11 is 3.01. The van der Waals surface area contributed by atoms with Crippen molar-refractivity contribution in [1.82, 2.24) is 20.1 Å². The van der Waals surface area contributed by atoms with Crippen LogP contribution in [0, 0.1) is 0 Å². The zero-order valence-corrected chi connectivity index (χ0v) is 19.0. The molecule has 1 saturated carbocycles. The molecule has 1 aliphatic carbocycles. The van der Waals surface area contributed by atoms with E-state index >= 15 is 0 Å². The number of nitrogens with zero attached hydrogens (tertiary/aromatic N) is 3. The third kappa shape index (κ3) is 5.54. The first-order valence-electron chi connectivity index (χ1n) is 10.3. The summed E-state index contributed by atoms with van der Waals surface area (Å²) in [6.07, 6.45) is 5.05. The molecule has 2 N–H and O–H groups in total. The lowest BCUT2D eigenvalue weighted by atomic mass is 10.1. The number of rotatable bonds is 8. The van der Waals surface area contributed by atoms with Crippen molar-refractivity contribution < 1.29 is 9.59 Å². The van der Waals surface area contributed by atoms with E-state index < -0.39 is 0 Å². The minimum atomic E-state index is -0.186. The Kier molecular flexibility index (Phi) is 7.03. The van der Waals surface area contributed by atoms with Gasteiger partial charge in [-0.15, -0.1) is 21.5 Å². The quantitative estimate of drug-likeness (QED) is 0.504. The molecule has 7 nitrogen and oxygen atoms in total. The van der Waals surface area contributed by atoms with E-state index in [1.807, 2.05) is 35.2 Å². The average Bonchev–Trinajstić information content (AvgIpc) is 3.52. The van der Waals surface area contributed by atoms with Crippen LogP contribution in [0.2, 0.25) is 0 Å². The van der Waals surface area contributed by atoms with Crippen molar-refractivity contribution in [2.75, 3.05) is 11.1 Å². The Morgan fingerprint density at radius 3 is 2.74 bits per heavy atom. The van der Waals surface area contributed by atoms with Gasteiger partial charge in [-0.25, -0.2) is 0 Å². The molecular weight excluding hydrogens is 430 g/mol. The molecular formula is C22H25N5O2S2. The van der Waals surface area contributed by atoms with Crippen molar-refractivity contribution in [3.05, 3.63) is 58.0 Å². The third-order valence-corrected chi connectivity index (χ3v) is 7.20. The van der Waals surface area contributed by atoms with Gasteiger partial charge in [-0.2, -0.15) is 0 Å². The maximum Gasteiger partial charge on any atom is 0.253 e. The first-order valence-corrected chi connectivity index (χ1v) is 12.2. The van der Waals surface area contributed by atoms with Crippen LogP contribution in [0.5, 0.6) is 0 Å². The molecule has 1 fully saturated rings. The monoisotopic (exact) mass is 455 g/mol. The molecule has 162 valence electrons. The molecule has 9 heteroatoms. The van der Waals surface area contributed by atoms with E-state index in [9.17, 15) is 9.59 Å². The highest BCUT2D eigenvalue weighted by Gasteiger charge is 2.20. The van der Waals surface area contributed by atoms with Crippen molar-refractivity contribution in [3.8, 4) is 0 Å². The van der Waals surface area contributed by atoms with Gasteiger partial charge < -0.3 is 15.2 Å². The second-order valence-electron chi connectivity index (χ2n) is 7.55. The fraction of sp³-hybridized carbons (Fsp3) is 0.364. The third-order valence-electron chi connectivity index (χ3n) is 5.31. The lowest BCUT2D eigenvalue weighted by Gasteiger charge is -2.15. The molecule has 2 heterocycles. The largest absolute Gasteiger partial charge is 0.349 e. The van der Waals surface area contributed by atoms with Crippen LogP contribution in [0.25, 0.3) is 0 Å². The van der Waals surface area contributed by atoms with Crippen molar-refractivity contribution >= 4 is 40.6 Å². The Morgan fingerprint density at radius 1 is 1.16 bits per heavy atom. The zero-order valence-electron chi connectivity index (χ0n) is 17.3. The molecule has 31 heavy (non-hydrogen) atoms. The number of para-hydroxylation sites is 1. The lowest BCUT2D eigenvalue weighted by molar-refractivity contribution is -0.113. The van der Waals surface area contributed by atoms with E-state index in [0.29, 0.717) is 16.4 Å². The maximum atomic E-state index is 12.7. The van der Waals surface area contributed by atoms with Crippen LogP contribution in [0.15, 0.2) is 46.9 Å². The summed E-state index contributed by atoms with van der Waals surface area (Å²) < 4.78 is 1.92. The van der Waals surface area contributed by atoms with E-state index in [4.69, 9.17) is 0 Å². The Labute approximate surface area is 189 Å². The number of carbonyl (C=O) groups is 2. The van der Waals surface area contributed by atoms with Crippen LogP contribution in [0.1, 0.15) is 46.7 Å². The van der Waals surface area contributed by atoms with Crippen LogP contribution < -0.4 is 10.6 Å². The van der Waals surface area contributed by atoms with E-state index in [2.05, 4.69) is 26.9 Å². The Bertz CT molecular complexity index is 1040. The number of thioether (sulfide) groups is 1. The summed E-state index contributed by atoms with van der Waals surface area (Å²) in [6.45, 7) is 0. The molecule has 0 bridgehead atoms. The average molecular weight is 456 g/mol. The van der Waals surface area contributed by atoms with Crippen LogP contribution in [0.3, 0.4) is 0 Å². The number of hydrogen-bond donors (Lipinski definition) is 2. The normalized spacial score (nSPS) is 14.0. The molecule has 0 atom stereocenters. The summed E-state index contributed by atoms with van der Waals surface area (Å²) in [7, 11) is 1.91. The Hall–Kier alpha value is -2.65. The van der Waals surface area contributed by atoms with Gasteiger partial charge >= 0.3 is 0 Å². The summed E-state index contributed by atoms with van der Waals surface area (Å²) in [6, 6.07) is 11.4. The van der Waals surface area contributed by atoms with Crippen LogP contribution in [-0.2, 0) is 18.3 Å². The number of hydrogen-bond acceptors (Lipinski definition) is 6. The van der Waals surface area contributed by atoms with Crippen molar-refractivity contribution in [3.63, 3.8) is 0 Å². The number of thiophene rings is 1. The number of benzene rings is 1. The Morgan fingerprint density at radius 2 is 1.97 bits per heavy atom. The molecule has 0 radical (unpaired) electrons. The van der Waals surface area contributed by atoms with Crippen LogP contribution >= 0.6 is 23.1 Å². The summed E-state index contributed by atoms with van der Waals surface area (Å²) in [5.41, 5.74) is 1.02. The summed E-state index contributed by atoms with van der Waals surface area (Å²) in [5, 5.41) is 17.1. The van der Waals surface area contributed by atoms with Gasteiger partial charge in [0, 0.05) is 24.4 Å². The molecule has 2 aromatic heterocycles. The van der Waals surface area contributed by atoms with Crippen LogP contribution in [-0.4, -0.2) is 38.4 Å². The number of nitrogens with one attached hydrogen (secondary N) is 2. The predicted octanol–water partition coefficient (Wildman–Crippen LogP) is 3.87. The second kappa shape index (κ2) is 10.1. The molecule has 0 spiro atoms. The fourth-order valence-electron chi connectivity index (χ4n) is 3.63. The fourth-order valence-corrected chi connectivity index (χ4v) is 5.06. The van der Waals surface area contributed by atoms with Gasteiger partial charge in [-0.1, -0.05) is 42.8 Å². The summed E-state index contributed by atoms with van der Waals surface area (Å²) in [5.74, 6) is 0.721. The number of amides is 2. The SMILES string of the molecule is Cn1c(Cc2cccs2)nnc1SCC(=O)Nc1ccccc1C(=O)NC1CCCC1. The van der Waals surface area contributed by atoms with Gasteiger partial charge in [-0.3, -0.25) is 9.59 Å². The van der Waals surface area contributed by atoms with Gasteiger partial charge in [0.2, 0.25) is 5.91 Å². The first-order chi connectivity index (χ1) is 15.1. The van der Waals surface area contributed by atoms with Crippen molar-refractivity contribution in [2.24, 2.45) is 7.05 Å². The molecule has 3 aromatic rings. The minimum absolute atomic E-state index is 0.137. The van der Waals surface area contributed by atoms with E-state index in [1.54, 1.807) is 23.5 Å². The predicted molar refractivity (Wildman–Crippen MR) is 124 cm³/mol. The van der Waals surface area contributed by atoms with Crippen molar-refractivity contribution in [1.29, 1.82) is 0 Å². The van der Waals surface area contributed by atoms with Crippen molar-refractivity contribution in [2.45, 2.75) is 43.3 Å². The number of aromatic nitrogens is 3. The molecule has 1 aromatic carbocycles. The lowest BCUT2D eigenvalue weighted by Crippen LogP contribution is -2.33.